The Labute approximate surface area is 181 Å². The smallest absolute Gasteiger partial charge is 0.379 e. The van der Waals surface area contributed by atoms with E-state index in [2.05, 4.69) is 27.7 Å². The highest BCUT2D eigenvalue weighted by molar-refractivity contribution is 6.60. The molecule has 1 fully saturated rings. The van der Waals surface area contributed by atoms with Crippen LogP contribution in [0.25, 0.3) is 0 Å². The molecule has 1 saturated heterocycles. The topological polar surface area (TPSA) is 49.5 Å². The highest BCUT2D eigenvalue weighted by Gasteiger charge is 2.40. The summed E-state index contributed by atoms with van der Waals surface area (Å²) in [7, 11) is -0.910. The predicted molar refractivity (Wildman–Crippen MR) is 121 cm³/mol. The fraction of sp³-hybridized carbons (Fsp3) is 1.00. The van der Waals surface area contributed by atoms with Gasteiger partial charge in [-0.05, 0) is 31.1 Å². The summed E-state index contributed by atoms with van der Waals surface area (Å²) in [6.07, 6.45) is 10.9. The Balaban J connectivity index is 2.57. The Bertz CT molecular complexity index is 358. The summed E-state index contributed by atoms with van der Waals surface area (Å²) in [5, 5.41) is 0. The lowest BCUT2D eigenvalue weighted by Gasteiger charge is -2.31. The SMILES string of the molecule is CCCCC(CC)CO[Si](CCCOCC1CO1)(OC)OCC(CC)CCCC. The second kappa shape index (κ2) is 16.7. The molecule has 0 N–H and O–H groups in total. The molecule has 29 heavy (non-hydrogen) atoms. The molecule has 0 aliphatic carbocycles. The quantitative estimate of drug-likeness (QED) is 0.129. The van der Waals surface area contributed by atoms with E-state index in [9.17, 15) is 0 Å². The van der Waals surface area contributed by atoms with Crippen molar-refractivity contribution in [1.82, 2.24) is 0 Å². The average Bonchev–Trinajstić information content (AvgIpc) is 3.57. The molecule has 1 heterocycles. The largest absolute Gasteiger partial charge is 0.500 e. The molecule has 0 radical (unpaired) electrons. The van der Waals surface area contributed by atoms with Gasteiger partial charge in [-0.1, -0.05) is 66.2 Å². The van der Waals surface area contributed by atoms with Gasteiger partial charge >= 0.3 is 8.80 Å². The van der Waals surface area contributed by atoms with Crippen LogP contribution in [-0.2, 0) is 22.8 Å². The van der Waals surface area contributed by atoms with Gasteiger partial charge in [0, 0.05) is 33.0 Å². The van der Waals surface area contributed by atoms with Gasteiger partial charge in [0.25, 0.3) is 0 Å². The van der Waals surface area contributed by atoms with Gasteiger partial charge in [0.1, 0.15) is 6.10 Å². The Kier molecular flexibility index (Phi) is 15.6. The van der Waals surface area contributed by atoms with Gasteiger partial charge < -0.3 is 22.8 Å². The molecule has 1 rings (SSSR count). The maximum Gasteiger partial charge on any atom is 0.500 e. The van der Waals surface area contributed by atoms with Crippen LogP contribution in [0.3, 0.4) is 0 Å². The molecule has 0 saturated carbocycles. The van der Waals surface area contributed by atoms with Gasteiger partial charge in [-0.2, -0.15) is 0 Å². The first-order valence-corrected chi connectivity index (χ1v) is 14.1. The average molecular weight is 433 g/mol. The molecule has 5 nitrogen and oxygen atoms in total. The molecule has 1 aliphatic heterocycles. The molecule has 0 aromatic rings. The van der Waals surface area contributed by atoms with Gasteiger partial charge in [0.2, 0.25) is 0 Å². The van der Waals surface area contributed by atoms with Crippen molar-refractivity contribution in [2.24, 2.45) is 11.8 Å². The number of hydrogen-bond acceptors (Lipinski definition) is 5. The van der Waals surface area contributed by atoms with Crippen LogP contribution in [0.1, 0.15) is 85.5 Å². The van der Waals surface area contributed by atoms with Crippen molar-refractivity contribution in [2.45, 2.75) is 97.6 Å². The molecule has 0 spiro atoms. The lowest BCUT2D eigenvalue weighted by molar-refractivity contribution is 0.0446. The minimum Gasteiger partial charge on any atom is -0.379 e. The Morgan fingerprint density at radius 3 is 1.86 bits per heavy atom. The monoisotopic (exact) mass is 432 g/mol. The van der Waals surface area contributed by atoms with E-state index in [0.29, 0.717) is 31.2 Å². The van der Waals surface area contributed by atoms with Crippen molar-refractivity contribution >= 4 is 8.80 Å². The fourth-order valence-electron chi connectivity index (χ4n) is 3.46. The third-order valence-corrected chi connectivity index (χ3v) is 8.75. The number of hydrogen-bond donors (Lipinski definition) is 0. The van der Waals surface area contributed by atoms with Gasteiger partial charge in [-0.25, -0.2) is 0 Å². The van der Waals surface area contributed by atoms with Crippen molar-refractivity contribution in [1.29, 1.82) is 0 Å². The second-order valence-electron chi connectivity index (χ2n) is 8.48. The summed E-state index contributed by atoms with van der Waals surface area (Å²) in [5.74, 6) is 1.18. The molecular formula is C23H48O5Si. The zero-order valence-corrected chi connectivity index (χ0v) is 20.9. The van der Waals surface area contributed by atoms with Gasteiger partial charge in [0.15, 0.2) is 0 Å². The third-order valence-electron chi connectivity index (χ3n) is 5.95. The molecule has 6 heteroatoms. The molecule has 1 aliphatic rings. The van der Waals surface area contributed by atoms with Crippen LogP contribution < -0.4 is 0 Å². The lowest BCUT2D eigenvalue weighted by Crippen LogP contribution is -2.47. The van der Waals surface area contributed by atoms with Crippen LogP contribution in [0.4, 0.5) is 0 Å². The minimum atomic E-state index is -2.68. The van der Waals surface area contributed by atoms with E-state index < -0.39 is 8.80 Å². The van der Waals surface area contributed by atoms with Crippen molar-refractivity contribution in [3.8, 4) is 0 Å². The van der Waals surface area contributed by atoms with Crippen LogP contribution in [0.5, 0.6) is 0 Å². The Hall–Kier alpha value is 0.0169. The summed E-state index contributed by atoms with van der Waals surface area (Å²) in [5.41, 5.74) is 0. The predicted octanol–water partition coefficient (Wildman–Crippen LogP) is 5.84. The van der Waals surface area contributed by atoms with E-state index in [1.165, 1.54) is 38.5 Å². The number of ether oxygens (including phenoxy) is 2. The van der Waals surface area contributed by atoms with E-state index in [1.54, 1.807) is 7.11 Å². The van der Waals surface area contributed by atoms with E-state index in [-0.39, 0.29) is 0 Å². The highest BCUT2D eigenvalue weighted by Crippen LogP contribution is 2.24. The zero-order valence-electron chi connectivity index (χ0n) is 19.9. The number of epoxide rings is 1. The van der Waals surface area contributed by atoms with Crippen LogP contribution in [-0.4, -0.2) is 55.1 Å². The van der Waals surface area contributed by atoms with Crippen LogP contribution in [0.2, 0.25) is 6.04 Å². The van der Waals surface area contributed by atoms with Crippen LogP contribution in [0.15, 0.2) is 0 Å². The summed E-state index contributed by atoms with van der Waals surface area (Å²) in [6, 6.07) is 0.823. The van der Waals surface area contributed by atoms with E-state index in [4.69, 9.17) is 22.8 Å². The van der Waals surface area contributed by atoms with Gasteiger partial charge in [0.05, 0.1) is 13.2 Å². The summed E-state index contributed by atoms with van der Waals surface area (Å²) in [6.45, 7) is 12.8. The zero-order chi connectivity index (χ0) is 21.4. The first kappa shape index (κ1) is 27.1. The standard InChI is InChI=1S/C23H48O5Si/c1-6-10-13-21(8-3)17-27-29(24-5,16-12-15-25-19-23-20-26-23)28-18-22(9-4)14-11-7-2/h21-23H,6-20H2,1-5H3. The first-order valence-electron chi connectivity index (χ1n) is 12.1. The molecule has 0 aromatic carbocycles. The molecule has 3 unspecified atom stereocenters. The molecule has 0 aromatic heterocycles. The molecule has 0 amide bonds. The van der Waals surface area contributed by atoms with E-state index in [1.807, 2.05) is 0 Å². The molecule has 3 atom stereocenters. The Morgan fingerprint density at radius 2 is 1.45 bits per heavy atom. The number of unbranched alkanes of at least 4 members (excludes halogenated alkanes) is 2. The minimum absolute atomic E-state index is 0.319. The molecule has 174 valence electrons. The van der Waals surface area contributed by atoms with E-state index in [0.717, 1.165) is 45.1 Å². The summed E-state index contributed by atoms with van der Waals surface area (Å²) < 4.78 is 29.9. The highest BCUT2D eigenvalue weighted by atomic mass is 28.4. The first-order chi connectivity index (χ1) is 14.1. The maximum atomic E-state index is 6.48. The lowest BCUT2D eigenvalue weighted by atomic mass is 10.0. The third kappa shape index (κ3) is 12.5. The van der Waals surface area contributed by atoms with Gasteiger partial charge in [-0.3, -0.25) is 0 Å². The fourth-order valence-corrected chi connectivity index (χ4v) is 5.83. The Morgan fingerprint density at radius 1 is 0.897 bits per heavy atom. The van der Waals surface area contributed by atoms with Crippen molar-refractivity contribution in [3.63, 3.8) is 0 Å². The van der Waals surface area contributed by atoms with Crippen molar-refractivity contribution in [2.75, 3.05) is 40.1 Å². The van der Waals surface area contributed by atoms with Crippen LogP contribution >= 0.6 is 0 Å². The summed E-state index contributed by atoms with van der Waals surface area (Å²) >= 11 is 0. The summed E-state index contributed by atoms with van der Waals surface area (Å²) in [4.78, 5) is 0. The van der Waals surface area contributed by atoms with Gasteiger partial charge in [-0.15, -0.1) is 0 Å². The van der Waals surface area contributed by atoms with E-state index >= 15 is 0 Å². The molecule has 0 bridgehead atoms. The normalized spacial score (nSPS) is 20.4. The maximum absolute atomic E-state index is 6.48. The number of rotatable bonds is 21. The van der Waals surface area contributed by atoms with Crippen molar-refractivity contribution < 1.29 is 22.8 Å². The molecular weight excluding hydrogens is 384 g/mol. The van der Waals surface area contributed by atoms with Crippen LogP contribution in [0, 0.1) is 11.8 Å². The second-order valence-corrected chi connectivity index (χ2v) is 11.3. The van der Waals surface area contributed by atoms with Crippen molar-refractivity contribution in [3.05, 3.63) is 0 Å².